The van der Waals surface area contributed by atoms with Crippen LogP contribution in [-0.4, -0.2) is 38.0 Å². The average Bonchev–Trinajstić information content (AvgIpc) is 3.11. The predicted molar refractivity (Wildman–Crippen MR) is 102 cm³/mol. The Hall–Kier alpha value is -1.83. The largest absolute Gasteiger partial charge is 0.496 e. The molecule has 0 aliphatic carbocycles. The van der Waals surface area contributed by atoms with Gasteiger partial charge in [-0.15, -0.1) is 5.10 Å². The number of ether oxygens (including phenoxy) is 1. The van der Waals surface area contributed by atoms with E-state index in [4.69, 9.17) is 16.3 Å². The minimum Gasteiger partial charge on any atom is -0.496 e. The smallest absolute Gasteiger partial charge is 0.208 e. The number of aromatic amines is 1. The normalized spacial score (nSPS) is 12.1. The molecule has 0 aliphatic heterocycles. The van der Waals surface area contributed by atoms with Gasteiger partial charge in [0.25, 0.3) is 0 Å². The van der Waals surface area contributed by atoms with Gasteiger partial charge in [0.05, 0.1) is 23.5 Å². The van der Waals surface area contributed by atoms with Gasteiger partial charge in [0.15, 0.2) is 5.82 Å². The molecule has 0 radical (unpaired) electrons. The number of benzene rings is 2. The number of hydrogen-bond acceptors (Lipinski definition) is 5. The van der Waals surface area contributed by atoms with Gasteiger partial charge < -0.3 is 4.74 Å². The maximum absolute atomic E-state index is 12.2. The van der Waals surface area contributed by atoms with E-state index in [1.165, 1.54) is 11.8 Å². The van der Waals surface area contributed by atoms with Gasteiger partial charge in [-0.2, -0.15) is 0 Å². The van der Waals surface area contributed by atoms with Crippen molar-refractivity contribution in [1.82, 2.24) is 15.2 Å². The van der Waals surface area contributed by atoms with Gasteiger partial charge in [-0.1, -0.05) is 41.6 Å². The summed E-state index contributed by atoms with van der Waals surface area (Å²) in [6.45, 7) is 0. The molecule has 130 valence electrons. The molecule has 1 heterocycles. The third-order valence-corrected chi connectivity index (χ3v) is 6.10. The monoisotopic (exact) mass is 393 g/mol. The fraction of sp³-hybridized carbons (Fsp3) is 0.176. The Balaban J connectivity index is 1.63. The lowest BCUT2D eigenvalue weighted by atomic mass is 10.2. The fourth-order valence-electron chi connectivity index (χ4n) is 2.20. The molecule has 0 saturated heterocycles. The molecule has 8 heteroatoms. The summed E-state index contributed by atoms with van der Waals surface area (Å²) in [6, 6.07) is 14.8. The first kappa shape index (κ1) is 18.0. The van der Waals surface area contributed by atoms with Crippen LogP contribution >= 0.6 is 23.4 Å². The zero-order valence-electron chi connectivity index (χ0n) is 13.4. The van der Waals surface area contributed by atoms with Crippen molar-refractivity contribution in [3.63, 3.8) is 0 Å². The molecule has 0 amide bonds. The Morgan fingerprint density at radius 3 is 2.80 bits per heavy atom. The molecule has 3 aromatic rings. The molecule has 25 heavy (non-hydrogen) atoms. The number of methoxy groups -OCH3 is 1. The van der Waals surface area contributed by atoms with E-state index in [9.17, 15) is 4.21 Å². The second-order valence-electron chi connectivity index (χ2n) is 5.02. The maximum atomic E-state index is 12.2. The Bertz CT molecular complexity index is 871. The molecular weight excluding hydrogens is 378 g/mol. The summed E-state index contributed by atoms with van der Waals surface area (Å²) >= 11 is 7.51. The zero-order chi connectivity index (χ0) is 17.6. The third-order valence-electron chi connectivity index (χ3n) is 3.39. The summed E-state index contributed by atoms with van der Waals surface area (Å²) in [4.78, 5) is 5.29. The summed E-state index contributed by atoms with van der Waals surface area (Å²) in [5.41, 5.74) is 0.752. The van der Waals surface area contributed by atoms with Crippen LogP contribution < -0.4 is 4.74 Å². The molecule has 0 fully saturated rings. The first-order valence-corrected chi connectivity index (χ1v) is 10.2. The van der Waals surface area contributed by atoms with Crippen LogP contribution in [0.25, 0.3) is 11.4 Å². The molecule has 3 rings (SSSR count). The molecule has 0 bridgehead atoms. The second kappa shape index (κ2) is 8.51. The van der Waals surface area contributed by atoms with Crippen molar-refractivity contribution in [2.24, 2.45) is 0 Å². The van der Waals surface area contributed by atoms with Crippen LogP contribution in [0.5, 0.6) is 5.75 Å². The van der Waals surface area contributed by atoms with Crippen LogP contribution in [0.2, 0.25) is 5.02 Å². The van der Waals surface area contributed by atoms with Gasteiger partial charge in [-0.25, -0.2) is 4.98 Å². The van der Waals surface area contributed by atoms with Crippen molar-refractivity contribution in [1.29, 1.82) is 0 Å². The van der Waals surface area contributed by atoms with E-state index in [1.807, 2.05) is 30.3 Å². The zero-order valence-corrected chi connectivity index (χ0v) is 15.8. The van der Waals surface area contributed by atoms with Gasteiger partial charge >= 0.3 is 0 Å². The van der Waals surface area contributed by atoms with Crippen LogP contribution in [0.15, 0.2) is 58.6 Å². The number of nitrogens with one attached hydrogen (secondary N) is 1. The van der Waals surface area contributed by atoms with E-state index in [0.717, 1.165) is 10.5 Å². The molecule has 1 aromatic heterocycles. The number of thioether (sulfide) groups is 1. The minimum atomic E-state index is -1.02. The summed E-state index contributed by atoms with van der Waals surface area (Å²) in [6.07, 6.45) is 0. The molecule has 5 nitrogen and oxygen atoms in total. The highest BCUT2D eigenvalue weighted by Crippen LogP contribution is 2.31. The molecule has 0 unspecified atom stereocenters. The van der Waals surface area contributed by atoms with Gasteiger partial charge in [0.1, 0.15) is 5.75 Å². The van der Waals surface area contributed by atoms with Gasteiger partial charge in [-0.05, 0) is 30.3 Å². The Morgan fingerprint density at radius 2 is 2.04 bits per heavy atom. The Morgan fingerprint density at radius 1 is 1.24 bits per heavy atom. The first-order chi connectivity index (χ1) is 12.2. The summed E-state index contributed by atoms with van der Waals surface area (Å²) in [5, 5.41) is 8.29. The Labute approximate surface area is 157 Å². The van der Waals surface area contributed by atoms with Crippen molar-refractivity contribution in [2.45, 2.75) is 10.1 Å². The van der Waals surface area contributed by atoms with Crippen LogP contribution in [0, 0.1) is 0 Å². The SMILES string of the molecule is COc1ccc(Cl)cc1-c1nc(SCC[S@@](=O)c2ccccc2)n[nH]1. The van der Waals surface area contributed by atoms with Crippen molar-refractivity contribution in [3.8, 4) is 17.1 Å². The second-order valence-corrected chi connectivity index (χ2v) is 8.09. The number of hydrogen-bond donors (Lipinski definition) is 1. The van der Waals surface area contributed by atoms with Crippen molar-refractivity contribution in [3.05, 3.63) is 53.6 Å². The van der Waals surface area contributed by atoms with Crippen LogP contribution in [0.1, 0.15) is 0 Å². The van der Waals surface area contributed by atoms with Crippen molar-refractivity contribution >= 4 is 34.2 Å². The van der Waals surface area contributed by atoms with Crippen molar-refractivity contribution in [2.75, 3.05) is 18.6 Å². The lowest BCUT2D eigenvalue weighted by molar-refractivity contribution is 0.416. The highest BCUT2D eigenvalue weighted by molar-refractivity contribution is 8.00. The quantitative estimate of drug-likeness (QED) is 0.613. The highest BCUT2D eigenvalue weighted by atomic mass is 35.5. The topological polar surface area (TPSA) is 67.9 Å². The lowest BCUT2D eigenvalue weighted by Crippen LogP contribution is -2.00. The minimum absolute atomic E-state index is 0.541. The maximum Gasteiger partial charge on any atom is 0.208 e. The van der Waals surface area contributed by atoms with Crippen LogP contribution in [0.3, 0.4) is 0 Å². The van der Waals surface area contributed by atoms with Crippen molar-refractivity contribution < 1.29 is 8.95 Å². The van der Waals surface area contributed by atoms with E-state index in [1.54, 1.807) is 25.3 Å². The molecule has 0 saturated carbocycles. The van der Waals surface area contributed by atoms with Gasteiger partial charge in [0.2, 0.25) is 5.16 Å². The van der Waals surface area contributed by atoms with E-state index < -0.39 is 10.8 Å². The van der Waals surface area contributed by atoms with Crippen LogP contribution in [-0.2, 0) is 10.8 Å². The number of nitrogens with zero attached hydrogens (tertiary/aromatic N) is 2. The summed E-state index contributed by atoms with van der Waals surface area (Å²) < 4.78 is 17.5. The number of halogens is 1. The average molecular weight is 394 g/mol. The van der Waals surface area contributed by atoms with E-state index >= 15 is 0 Å². The standard InChI is InChI=1S/C17H16ClN3O2S2/c1-23-15-8-7-12(18)11-14(15)16-19-17(21-20-16)24-9-10-25(22)13-5-3-2-4-6-13/h2-8,11H,9-10H2,1H3,(H,19,20,21)/t25-/m1/s1. The Kier molecular flexibility index (Phi) is 6.12. The summed E-state index contributed by atoms with van der Waals surface area (Å²) in [5.74, 6) is 2.46. The molecule has 2 aromatic carbocycles. The number of aromatic nitrogens is 3. The number of rotatable bonds is 7. The highest BCUT2D eigenvalue weighted by Gasteiger charge is 2.12. The molecule has 1 N–H and O–H groups in total. The molecule has 0 spiro atoms. The third kappa shape index (κ3) is 4.62. The first-order valence-electron chi connectivity index (χ1n) is 7.50. The number of H-pyrrole nitrogens is 1. The molecule has 1 atom stereocenters. The summed E-state index contributed by atoms with van der Waals surface area (Å²) in [7, 11) is 0.576. The fourth-order valence-corrected chi connectivity index (χ4v) is 4.45. The van der Waals surface area contributed by atoms with Gasteiger partial charge in [0, 0.05) is 21.4 Å². The lowest BCUT2D eigenvalue weighted by Gasteiger charge is -2.05. The molecular formula is C17H16ClN3O2S2. The van der Waals surface area contributed by atoms with E-state index in [0.29, 0.717) is 33.3 Å². The van der Waals surface area contributed by atoms with E-state index in [-0.39, 0.29) is 0 Å². The van der Waals surface area contributed by atoms with E-state index in [2.05, 4.69) is 15.2 Å². The molecule has 0 aliphatic rings. The van der Waals surface area contributed by atoms with Crippen LogP contribution in [0.4, 0.5) is 0 Å². The predicted octanol–water partition coefficient (Wildman–Crippen LogP) is 4.03. The van der Waals surface area contributed by atoms with Gasteiger partial charge in [-0.3, -0.25) is 9.31 Å².